The summed E-state index contributed by atoms with van der Waals surface area (Å²) in [7, 11) is -5.07. The molecule has 1 unspecified atom stereocenters. The van der Waals surface area contributed by atoms with Crippen LogP contribution in [0.3, 0.4) is 0 Å². The van der Waals surface area contributed by atoms with E-state index in [0.717, 1.165) is 18.2 Å². The third-order valence-corrected chi connectivity index (χ3v) is 6.99. The fourth-order valence-corrected chi connectivity index (χ4v) is 5.52. The van der Waals surface area contributed by atoms with Crippen molar-refractivity contribution in [2.75, 3.05) is 0 Å². The predicted octanol–water partition coefficient (Wildman–Crippen LogP) is 5.89. The zero-order valence-corrected chi connectivity index (χ0v) is 18.1. The lowest BCUT2D eigenvalue weighted by atomic mass is 9.83. The van der Waals surface area contributed by atoms with Crippen molar-refractivity contribution in [3.8, 4) is 11.5 Å². The average molecular weight is 494 g/mol. The average Bonchev–Trinajstić information content (AvgIpc) is 2.61. The molecule has 0 aliphatic rings. The van der Waals surface area contributed by atoms with Gasteiger partial charge in [0, 0.05) is 32.3 Å². The Bertz CT molecular complexity index is 1210. The molecule has 3 aromatic rings. The summed E-state index contributed by atoms with van der Waals surface area (Å²) < 4.78 is 34.1. The maximum Gasteiger partial charge on any atom is 0.283 e. The minimum atomic E-state index is -5.07. The summed E-state index contributed by atoms with van der Waals surface area (Å²) in [5.74, 6) is -0.696. The molecule has 0 amide bonds. The highest BCUT2D eigenvalue weighted by Crippen LogP contribution is 2.51. The van der Waals surface area contributed by atoms with Crippen molar-refractivity contribution in [1.82, 2.24) is 0 Å². The zero-order chi connectivity index (χ0) is 21.6. The molecule has 152 valence electrons. The molecule has 0 heterocycles. The van der Waals surface area contributed by atoms with Gasteiger partial charge in [0.2, 0.25) is 0 Å². The van der Waals surface area contributed by atoms with Crippen LogP contribution in [-0.2, 0) is 14.9 Å². The van der Waals surface area contributed by atoms with Gasteiger partial charge in [-0.05, 0) is 42.0 Å². The summed E-state index contributed by atoms with van der Waals surface area (Å²) in [5.41, 5.74) is -0.393. The van der Waals surface area contributed by atoms with Gasteiger partial charge in [-0.25, -0.2) is 0 Å². The van der Waals surface area contributed by atoms with E-state index >= 15 is 0 Å². The molecule has 0 bridgehead atoms. The summed E-state index contributed by atoms with van der Waals surface area (Å²) in [4.78, 5) is 0. The highest BCUT2D eigenvalue weighted by atomic mass is 35.5. The molecule has 3 aromatic carbocycles. The Morgan fingerprint density at radius 3 is 2.03 bits per heavy atom. The van der Waals surface area contributed by atoms with E-state index in [1.54, 1.807) is 0 Å². The van der Waals surface area contributed by atoms with Crippen molar-refractivity contribution in [3.63, 3.8) is 0 Å². The molecule has 3 rings (SSSR count). The summed E-state index contributed by atoms with van der Waals surface area (Å²) in [6.45, 7) is 0. The van der Waals surface area contributed by atoms with Crippen LogP contribution in [0.5, 0.6) is 11.5 Å². The van der Waals surface area contributed by atoms with Crippen molar-refractivity contribution in [3.05, 3.63) is 91.4 Å². The van der Waals surface area contributed by atoms with Crippen molar-refractivity contribution < 1.29 is 23.2 Å². The van der Waals surface area contributed by atoms with E-state index in [0.29, 0.717) is 0 Å². The Morgan fingerprint density at radius 1 is 0.759 bits per heavy atom. The lowest BCUT2D eigenvalue weighted by molar-refractivity contribution is 0.455. The molecule has 0 aliphatic heterocycles. The second-order valence-electron chi connectivity index (χ2n) is 6.11. The van der Waals surface area contributed by atoms with Crippen LogP contribution in [0.1, 0.15) is 16.7 Å². The Labute approximate surface area is 186 Å². The first-order chi connectivity index (χ1) is 13.5. The smallest absolute Gasteiger partial charge is 0.283 e. The minimum Gasteiger partial charge on any atom is -0.508 e. The molecule has 0 saturated carbocycles. The minimum absolute atomic E-state index is 0.0105. The lowest BCUT2D eigenvalue weighted by Crippen LogP contribution is -2.39. The number of hydrogen-bond acceptors (Lipinski definition) is 4. The third-order valence-electron chi connectivity index (χ3n) is 4.36. The summed E-state index contributed by atoms with van der Waals surface area (Å²) in [6, 6.07) is 11.5. The van der Waals surface area contributed by atoms with Gasteiger partial charge in [-0.15, -0.1) is 0 Å². The lowest BCUT2D eigenvalue weighted by Gasteiger charge is -2.34. The van der Waals surface area contributed by atoms with E-state index in [2.05, 4.69) is 0 Å². The second-order valence-corrected chi connectivity index (χ2v) is 9.33. The first kappa shape index (κ1) is 22.0. The van der Waals surface area contributed by atoms with Gasteiger partial charge in [0.15, 0.2) is 4.75 Å². The van der Waals surface area contributed by atoms with Crippen LogP contribution in [0.4, 0.5) is 0 Å². The van der Waals surface area contributed by atoms with Crippen LogP contribution in [0.15, 0.2) is 54.6 Å². The Balaban J connectivity index is 2.63. The molecular weight excluding hydrogens is 482 g/mol. The SMILES string of the molecule is O=S(=O)(O)C(c1cccc(Cl)c1)(c1cc(O)ccc1Cl)c1cc(Cl)c(O)cc1Cl. The monoisotopic (exact) mass is 492 g/mol. The molecule has 1 atom stereocenters. The number of benzene rings is 3. The number of phenols is 2. The topological polar surface area (TPSA) is 94.8 Å². The summed E-state index contributed by atoms with van der Waals surface area (Å²) >= 11 is 24.7. The Kier molecular flexibility index (Phi) is 5.98. The van der Waals surface area contributed by atoms with Crippen LogP contribution < -0.4 is 0 Å². The summed E-state index contributed by atoms with van der Waals surface area (Å²) in [5, 5.41) is 19.5. The van der Waals surface area contributed by atoms with Gasteiger partial charge in [0.1, 0.15) is 11.5 Å². The molecular formula is C19H12Cl4O5S. The molecule has 5 nitrogen and oxygen atoms in total. The Hall–Kier alpha value is -1.67. The molecule has 3 N–H and O–H groups in total. The van der Waals surface area contributed by atoms with Crippen LogP contribution in [-0.4, -0.2) is 23.2 Å². The predicted molar refractivity (Wildman–Crippen MR) is 114 cm³/mol. The Morgan fingerprint density at radius 2 is 1.41 bits per heavy atom. The number of phenolic OH excluding ortho intramolecular Hbond substituents is 2. The van der Waals surface area contributed by atoms with E-state index in [1.165, 1.54) is 36.4 Å². The molecule has 0 spiro atoms. The van der Waals surface area contributed by atoms with Gasteiger partial charge in [-0.2, -0.15) is 8.42 Å². The molecule has 0 radical (unpaired) electrons. The number of rotatable bonds is 4. The number of hydrogen-bond donors (Lipinski definition) is 3. The van der Waals surface area contributed by atoms with E-state index in [-0.39, 0.29) is 42.5 Å². The van der Waals surface area contributed by atoms with Gasteiger partial charge < -0.3 is 10.2 Å². The summed E-state index contributed by atoms with van der Waals surface area (Å²) in [6.07, 6.45) is 0. The standard InChI is InChI=1S/C19H12Cl4O5S/c20-11-3-1-2-10(6-11)19(29(26,27)28,13-7-12(24)4-5-15(13)21)14-8-17(23)18(25)9-16(14)22/h1-9,24-25H,(H,26,27,28). The van der Waals surface area contributed by atoms with Crippen molar-refractivity contribution in [2.45, 2.75) is 4.75 Å². The highest BCUT2D eigenvalue weighted by Gasteiger charge is 2.51. The first-order valence-corrected chi connectivity index (χ1v) is 10.8. The van der Waals surface area contributed by atoms with Crippen LogP contribution in [0.2, 0.25) is 20.1 Å². The molecule has 0 fully saturated rings. The fraction of sp³-hybridized carbons (Fsp3) is 0.0526. The normalized spacial score (nSPS) is 13.8. The third kappa shape index (κ3) is 3.77. The zero-order valence-electron chi connectivity index (χ0n) is 14.3. The van der Waals surface area contributed by atoms with E-state index in [1.807, 2.05) is 0 Å². The maximum absolute atomic E-state index is 13.0. The fourth-order valence-electron chi connectivity index (χ4n) is 3.18. The second kappa shape index (κ2) is 7.87. The van der Waals surface area contributed by atoms with Gasteiger partial charge >= 0.3 is 0 Å². The van der Waals surface area contributed by atoms with Crippen molar-refractivity contribution in [2.24, 2.45) is 0 Å². The molecule has 0 aromatic heterocycles. The van der Waals surface area contributed by atoms with Crippen molar-refractivity contribution >= 4 is 56.5 Å². The van der Waals surface area contributed by atoms with Gasteiger partial charge in [0.05, 0.1) is 5.02 Å². The molecule has 0 saturated heterocycles. The maximum atomic E-state index is 13.0. The van der Waals surface area contributed by atoms with Gasteiger partial charge in [-0.3, -0.25) is 4.55 Å². The van der Waals surface area contributed by atoms with Crippen LogP contribution >= 0.6 is 46.4 Å². The van der Waals surface area contributed by atoms with Gasteiger partial charge in [-0.1, -0.05) is 58.5 Å². The first-order valence-electron chi connectivity index (χ1n) is 7.89. The molecule has 10 heteroatoms. The van der Waals surface area contributed by atoms with Crippen molar-refractivity contribution in [1.29, 1.82) is 0 Å². The number of aromatic hydroxyl groups is 2. The largest absolute Gasteiger partial charge is 0.508 e. The van der Waals surface area contributed by atoms with Crippen LogP contribution in [0, 0.1) is 0 Å². The number of halogens is 4. The molecule has 29 heavy (non-hydrogen) atoms. The van der Waals surface area contributed by atoms with E-state index in [9.17, 15) is 23.2 Å². The van der Waals surface area contributed by atoms with E-state index in [4.69, 9.17) is 46.4 Å². The molecule has 0 aliphatic carbocycles. The van der Waals surface area contributed by atoms with Gasteiger partial charge in [0.25, 0.3) is 10.1 Å². The quantitative estimate of drug-likeness (QED) is 0.311. The van der Waals surface area contributed by atoms with Crippen LogP contribution in [0.25, 0.3) is 0 Å². The van der Waals surface area contributed by atoms with E-state index < -0.39 is 20.6 Å². The highest BCUT2D eigenvalue weighted by molar-refractivity contribution is 7.87.